The summed E-state index contributed by atoms with van der Waals surface area (Å²) in [6.07, 6.45) is 1.46. The summed E-state index contributed by atoms with van der Waals surface area (Å²) in [6.45, 7) is 0. The van der Waals surface area contributed by atoms with Crippen LogP contribution in [0.4, 0.5) is 11.5 Å². The topological polar surface area (TPSA) is 68.5 Å². The van der Waals surface area contributed by atoms with Gasteiger partial charge in [-0.3, -0.25) is 0 Å². The Labute approximate surface area is 115 Å². The summed E-state index contributed by atoms with van der Waals surface area (Å²) in [5, 5.41) is 9.98. The molecule has 19 heavy (non-hydrogen) atoms. The van der Waals surface area contributed by atoms with E-state index in [0.717, 1.165) is 5.69 Å². The quantitative estimate of drug-likeness (QED) is 0.833. The summed E-state index contributed by atoms with van der Waals surface area (Å²) < 4.78 is 15.1. The third kappa shape index (κ3) is 3.35. The van der Waals surface area contributed by atoms with E-state index in [9.17, 15) is 0 Å². The van der Waals surface area contributed by atoms with E-state index in [0.29, 0.717) is 22.4 Å². The minimum atomic E-state index is 0.386. The molecule has 2 aromatic rings. The summed E-state index contributed by atoms with van der Waals surface area (Å²) in [4.78, 5) is 0. The van der Waals surface area contributed by atoms with Crippen molar-refractivity contribution in [3.05, 3.63) is 30.5 Å². The molecule has 2 N–H and O–H groups in total. The highest BCUT2D eigenvalue weighted by Crippen LogP contribution is 2.29. The molecule has 0 spiro atoms. The summed E-state index contributed by atoms with van der Waals surface area (Å²) in [5.74, 6) is 1.87. The van der Waals surface area contributed by atoms with Crippen LogP contribution in [0.5, 0.6) is 11.5 Å². The molecule has 0 amide bonds. The number of benzene rings is 1. The predicted molar refractivity (Wildman–Crippen MR) is 75.9 cm³/mol. The van der Waals surface area contributed by atoms with Crippen LogP contribution in [0.1, 0.15) is 0 Å². The summed E-state index contributed by atoms with van der Waals surface area (Å²) in [7, 11) is 3.17. The molecule has 0 aliphatic carbocycles. The van der Waals surface area contributed by atoms with Crippen molar-refractivity contribution >= 4 is 28.8 Å². The molecule has 0 saturated heterocycles. The van der Waals surface area contributed by atoms with Gasteiger partial charge in [-0.2, -0.15) is 0 Å². The van der Waals surface area contributed by atoms with Crippen LogP contribution in [0.2, 0.25) is 0 Å². The maximum atomic E-state index is 5.26. The Morgan fingerprint density at radius 1 is 1.21 bits per heavy atom. The minimum Gasteiger partial charge on any atom is -0.497 e. The van der Waals surface area contributed by atoms with Crippen LogP contribution in [-0.2, 0) is 0 Å². The van der Waals surface area contributed by atoms with Gasteiger partial charge in [0.2, 0.25) is 0 Å². The number of rotatable bonds is 4. The van der Waals surface area contributed by atoms with Gasteiger partial charge in [0.05, 0.1) is 19.9 Å². The van der Waals surface area contributed by atoms with Gasteiger partial charge in [0.25, 0.3) is 0 Å². The molecule has 2 rings (SSSR count). The number of nitrogens with one attached hydrogen (secondary N) is 2. The van der Waals surface area contributed by atoms with Crippen LogP contribution in [0.25, 0.3) is 0 Å². The Bertz CT molecular complexity index is 557. The fourth-order valence-corrected chi connectivity index (χ4v) is 1.66. The normalized spacial score (nSPS) is 9.79. The number of aromatic nitrogens is 1. The second kappa shape index (κ2) is 6.05. The maximum absolute atomic E-state index is 5.26. The molecule has 7 heteroatoms. The zero-order chi connectivity index (χ0) is 13.7. The van der Waals surface area contributed by atoms with E-state index in [-0.39, 0.29) is 0 Å². The van der Waals surface area contributed by atoms with E-state index in [4.69, 9.17) is 26.2 Å². The number of thiocarbonyl (C=S) groups is 1. The lowest BCUT2D eigenvalue weighted by Gasteiger charge is -2.13. The molecule has 100 valence electrons. The van der Waals surface area contributed by atoms with E-state index in [1.165, 1.54) is 6.26 Å². The standard InChI is InChI=1S/C12H13N3O3S/c1-16-8-3-4-9(10(7-8)17-2)13-12(19)14-11-5-6-18-15-11/h3-7H,1-2H3,(H2,13,14,15,19). The van der Waals surface area contributed by atoms with E-state index >= 15 is 0 Å². The van der Waals surface area contributed by atoms with Gasteiger partial charge in [-0.1, -0.05) is 5.16 Å². The maximum Gasteiger partial charge on any atom is 0.176 e. The molecule has 0 radical (unpaired) electrons. The Morgan fingerprint density at radius 2 is 2.05 bits per heavy atom. The molecular formula is C12H13N3O3S. The molecule has 0 aliphatic heterocycles. The molecule has 0 fully saturated rings. The lowest BCUT2D eigenvalue weighted by Crippen LogP contribution is -2.19. The van der Waals surface area contributed by atoms with Crippen LogP contribution in [0.3, 0.4) is 0 Å². The molecule has 0 bridgehead atoms. The Morgan fingerprint density at radius 3 is 2.68 bits per heavy atom. The lowest BCUT2D eigenvalue weighted by molar-refractivity contribution is 0.395. The van der Waals surface area contributed by atoms with Crippen LogP contribution < -0.4 is 20.1 Å². The Balaban J connectivity index is 2.07. The smallest absolute Gasteiger partial charge is 0.176 e. The fraction of sp³-hybridized carbons (Fsp3) is 0.167. The van der Waals surface area contributed by atoms with E-state index in [1.807, 2.05) is 12.1 Å². The van der Waals surface area contributed by atoms with Crippen molar-refractivity contribution in [2.24, 2.45) is 0 Å². The van der Waals surface area contributed by atoms with Crippen molar-refractivity contribution in [2.45, 2.75) is 0 Å². The SMILES string of the molecule is COc1ccc(NC(=S)Nc2ccon2)c(OC)c1. The largest absolute Gasteiger partial charge is 0.497 e. The van der Waals surface area contributed by atoms with E-state index < -0.39 is 0 Å². The fourth-order valence-electron chi connectivity index (χ4n) is 1.45. The van der Waals surface area contributed by atoms with Crippen molar-refractivity contribution in [1.29, 1.82) is 0 Å². The van der Waals surface area contributed by atoms with Crippen LogP contribution in [0, 0.1) is 0 Å². The number of anilines is 2. The minimum absolute atomic E-state index is 0.386. The Hall–Kier alpha value is -2.28. The van der Waals surface area contributed by atoms with Gasteiger partial charge < -0.3 is 24.6 Å². The molecule has 0 saturated carbocycles. The molecule has 1 aromatic carbocycles. The molecule has 6 nitrogen and oxygen atoms in total. The van der Waals surface area contributed by atoms with E-state index in [2.05, 4.69) is 15.8 Å². The van der Waals surface area contributed by atoms with Gasteiger partial charge in [0.15, 0.2) is 10.9 Å². The highest BCUT2D eigenvalue weighted by molar-refractivity contribution is 7.80. The van der Waals surface area contributed by atoms with Crippen molar-refractivity contribution in [1.82, 2.24) is 5.16 Å². The van der Waals surface area contributed by atoms with Crippen molar-refractivity contribution in [3.8, 4) is 11.5 Å². The predicted octanol–water partition coefficient (Wildman–Crippen LogP) is 2.50. The van der Waals surface area contributed by atoms with Gasteiger partial charge in [0.1, 0.15) is 17.8 Å². The van der Waals surface area contributed by atoms with Crippen LogP contribution in [0.15, 0.2) is 35.1 Å². The first-order valence-corrected chi connectivity index (χ1v) is 5.84. The second-order valence-electron chi connectivity index (χ2n) is 3.53. The van der Waals surface area contributed by atoms with Gasteiger partial charge in [-0.15, -0.1) is 0 Å². The molecule has 0 atom stereocenters. The third-order valence-corrected chi connectivity index (χ3v) is 2.54. The van der Waals surface area contributed by atoms with Gasteiger partial charge in [-0.25, -0.2) is 0 Å². The van der Waals surface area contributed by atoms with Crippen molar-refractivity contribution in [2.75, 3.05) is 24.9 Å². The van der Waals surface area contributed by atoms with Crippen molar-refractivity contribution < 1.29 is 14.0 Å². The monoisotopic (exact) mass is 279 g/mol. The highest BCUT2D eigenvalue weighted by atomic mass is 32.1. The van der Waals surface area contributed by atoms with Gasteiger partial charge >= 0.3 is 0 Å². The number of nitrogens with zero attached hydrogens (tertiary/aromatic N) is 1. The second-order valence-corrected chi connectivity index (χ2v) is 3.94. The first-order valence-electron chi connectivity index (χ1n) is 5.43. The summed E-state index contributed by atoms with van der Waals surface area (Å²) in [5.41, 5.74) is 0.726. The van der Waals surface area contributed by atoms with E-state index in [1.54, 1.807) is 26.4 Å². The lowest BCUT2D eigenvalue weighted by atomic mass is 10.2. The third-order valence-electron chi connectivity index (χ3n) is 2.34. The highest BCUT2D eigenvalue weighted by Gasteiger charge is 2.07. The van der Waals surface area contributed by atoms with Crippen LogP contribution >= 0.6 is 12.2 Å². The number of hydrogen-bond donors (Lipinski definition) is 2. The van der Waals surface area contributed by atoms with Gasteiger partial charge in [-0.05, 0) is 24.4 Å². The number of ether oxygens (including phenoxy) is 2. The number of hydrogen-bond acceptors (Lipinski definition) is 5. The average Bonchev–Trinajstić information content (AvgIpc) is 2.91. The Kier molecular flexibility index (Phi) is 4.19. The summed E-state index contributed by atoms with van der Waals surface area (Å²) >= 11 is 5.16. The molecule has 1 heterocycles. The zero-order valence-electron chi connectivity index (χ0n) is 10.5. The summed E-state index contributed by atoms with van der Waals surface area (Å²) in [6, 6.07) is 7.05. The zero-order valence-corrected chi connectivity index (χ0v) is 11.3. The first-order chi connectivity index (χ1) is 9.22. The number of methoxy groups -OCH3 is 2. The van der Waals surface area contributed by atoms with Crippen molar-refractivity contribution in [3.63, 3.8) is 0 Å². The molecular weight excluding hydrogens is 266 g/mol. The molecule has 0 aliphatic rings. The average molecular weight is 279 g/mol. The van der Waals surface area contributed by atoms with Gasteiger partial charge in [0, 0.05) is 12.1 Å². The molecule has 0 unspecified atom stereocenters. The first kappa shape index (κ1) is 13.2. The molecule has 1 aromatic heterocycles. The van der Waals surface area contributed by atoms with Crippen LogP contribution in [-0.4, -0.2) is 24.5 Å².